The van der Waals surface area contributed by atoms with Crippen LogP contribution in [0.1, 0.15) is 33.2 Å². The van der Waals surface area contributed by atoms with E-state index in [4.69, 9.17) is 9.47 Å². The van der Waals surface area contributed by atoms with Gasteiger partial charge in [0, 0.05) is 23.0 Å². The van der Waals surface area contributed by atoms with Gasteiger partial charge in [0.25, 0.3) is 5.91 Å². The van der Waals surface area contributed by atoms with E-state index < -0.39 is 24.1 Å². The number of H-pyrrole nitrogens is 1. The summed E-state index contributed by atoms with van der Waals surface area (Å²) >= 11 is 0. The van der Waals surface area contributed by atoms with Crippen molar-refractivity contribution in [2.45, 2.75) is 18.5 Å². The van der Waals surface area contributed by atoms with Gasteiger partial charge in [-0.25, -0.2) is 14.5 Å². The predicted molar refractivity (Wildman–Crippen MR) is 133 cm³/mol. The summed E-state index contributed by atoms with van der Waals surface area (Å²) < 4.78 is 10.4. The highest BCUT2D eigenvalue weighted by Gasteiger charge is 2.53. The van der Waals surface area contributed by atoms with Crippen LogP contribution < -0.4 is 9.64 Å². The van der Waals surface area contributed by atoms with E-state index in [0.717, 1.165) is 32.6 Å². The second kappa shape index (κ2) is 8.27. The second-order valence-corrected chi connectivity index (χ2v) is 8.83. The average Bonchev–Trinajstić information content (AvgIpc) is 3.41. The number of hydrogen-bond acceptors (Lipinski definition) is 5. The third-order valence-corrected chi connectivity index (χ3v) is 7.01. The van der Waals surface area contributed by atoms with Crippen molar-refractivity contribution in [2.75, 3.05) is 19.1 Å². The molecule has 1 fully saturated rings. The van der Waals surface area contributed by atoms with Crippen molar-refractivity contribution >= 4 is 34.5 Å². The minimum atomic E-state index is -0.730. The molecule has 6 rings (SSSR count). The van der Waals surface area contributed by atoms with Crippen molar-refractivity contribution in [3.63, 3.8) is 0 Å². The van der Waals surface area contributed by atoms with Crippen LogP contribution in [0.2, 0.25) is 0 Å². The lowest BCUT2D eigenvalue weighted by atomic mass is 9.89. The Balaban J connectivity index is 1.54. The number of hydrogen-bond donors (Lipinski definition) is 1. The Bertz CT molecular complexity index is 1540. The van der Waals surface area contributed by atoms with Crippen molar-refractivity contribution < 1.29 is 23.9 Å². The number of urea groups is 1. The SMILES string of the molecule is COC(=O)c1ccccc1N1C(=O)[C@@H]2Cc3c([nH]c4ccccc34)[C@@H](c3cccc(OC)c3)N2C1=O. The molecule has 0 aliphatic carbocycles. The molecule has 36 heavy (non-hydrogen) atoms. The molecule has 3 heterocycles. The number of esters is 1. The smallest absolute Gasteiger partial charge is 0.339 e. The largest absolute Gasteiger partial charge is 0.497 e. The molecule has 0 radical (unpaired) electrons. The molecule has 1 N–H and O–H groups in total. The highest BCUT2D eigenvalue weighted by atomic mass is 16.5. The molecule has 2 aliphatic heterocycles. The standard InChI is InChI=1S/C28H23N3O5/c1-35-17-9-7-8-16(14-17)25-24-20(18-10-3-5-12-21(18)29-24)15-23-26(32)31(28(34)30(23)25)22-13-6-4-11-19(22)27(33)36-2/h3-14,23,25,29H,15H2,1-2H3/t23-,25+/m0/s1. The summed E-state index contributed by atoms with van der Waals surface area (Å²) in [5, 5.41) is 1.02. The number of methoxy groups -OCH3 is 2. The molecule has 2 atom stereocenters. The van der Waals surface area contributed by atoms with Gasteiger partial charge in [-0.1, -0.05) is 42.5 Å². The number of aromatic nitrogens is 1. The number of benzene rings is 3. The maximum absolute atomic E-state index is 14.0. The van der Waals surface area contributed by atoms with Crippen LogP contribution in [0, 0.1) is 0 Å². The molecule has 4 aromatic rings. The number of ether oxygens (including phenoxy) is 2. The summed E-state index contributed by atoms with van der Waals surface area (Å²) in [6.07, 6.45) is 0.362. The summed E-state index contributed by atoms with van der Waals surface area (Å²) in [6, 6.07) is 20.2. The van der Waals surface area contributed by atoms with Crippen LogP contribution in [0.3, 0.4) is 0 Å². The van der Waals surface area contributed by atoms with Crippen molar-refractivity contribution in [3.05, 3.63) is 95.2 Å². The summed E-state index contributed by atoms with van der Waals surface area (Å²) in [5.74, 6) is -0.338. The molecule has 0 saturated carbocycles. The number of aromatic amines is 1. The van der Waals surface area contributed by atoms with Gasteiger partial charge in [0.1, 0.15) is 17.8 Å². The number of fused-ring (bicyclic) bond motifs is 4. The summed E-state index contributed by atoms with van der Waals surface area (Å²) in [4.78, 5) is 46.6. The zero-order valence-corrected chi connectivity index (χ0v) is 19.7. The van der Waals surface area contributed by atoms with E-state index in [1.807, 2.05) is 48.5 Å². The number of carbonyl (C=O) groups is 3. The van der Waals surface area contributed by atoms with Gasteiger partial charge in [0.05, 0.1) is 25.5 Å². The van der Waals surface area contributed by atoms with E-state index in [0.29, 0.717) is 12.2 Å². The molecule has 0 bridgehead atoms. The molecule has 0 unspecified atom stereocenters. The van der Waals surface area contributed by atoms with Crippen LogP contribution in [0.4, 0.5) is 10.5 Å². The fraction of sp³-hybridized carbons (Fsp3) is 0.179. The Hall–Kier alpha value is -4.59. The van der Waals surface area contributed by atoms with Crippen molar-refractivity contribution in [3.8, 4) is 5.75 Å². The van der Waals surface area contributed by atoms with Gasteiger partial charge in [0.15, 0.2) is 0 Å². The van der Waals surface area contributed by atoms with Crippen LogP contribution in [0.15, 0.2) is 72.8 Å². The predicted octanol–water partition coefficient (Wildman–Crippen LogP) is 4.45. The van der Waals surface area contributed by atoms with E-state index in [1.54, 1.807) is 36.3 Å². The number of imide groups is 1. The van der Waals surface area contributed by atoms with Crippen LogP contribution in [-0.4, -0.2) is 48.1 Å². The van der Waals surface area contributed by atoms with E-state index in [2.05, 4.69) is 4.98 Å². The number of para-hydroxylation sites is 2. The number of rotatable bonds is 4. The lowest BCUT2D eigenvalue weighted by Crippen LogP contribution is -2.44. The maximum atomic E-state index is 14.0. The van der Waals surface area contributed by atoms with Gasteiger partial charge in [0.2, 0.25) is 0 Å². The summed E-state index contributed by atoms with van der Waals surface area (Å²) in [6.45, 7) is 0. The number of nitrogens with zero attached hydrogens (tertiary/aromatic N) is 2. The Morgan fingerprint density at radius 1 is 0.972 bits per heavy atom. The molecule has 180 valence electrons. The molecule has 0 spiro atoms. The Morgan fingerprint density at radius 3 is 2.56 bits per heavy atom. The van der Waals surface area contributed by atoms with Gasteiger partial charge in [-0.05, 0) is 41.5 Å². The second-order valence-electron chi connectivity index (χ2n) is 8.83. The van der Waals surface area contributed by atoms with Crippen LogP contribution >= 0.6 is 0 Å². The van der Waals surface area contributed by atoms with Crippen LogP contribution in [0.5, 0.6) is 5.75 Å². The number of nitrogens with one attached hydrogen (secondary N) is 1. The van der Waals surface area contributed by atoms with Crippen molar-refractivity contribution in [2.24, 2.45) is 0 Å². The average molecular weight is 482 g/mol. The number of anilines is 1. The monoisotopic (exact) mass is 481 g/mol. The Labute approximate surface area is 207 Å². The summed E-state index contributed by atoms with van der Waals surface area (Å²) in [5.41, 5.74) is 4.00. The molecule has 8 nitrogen and oxygen atoms in total. The van der Waals surface area contributed by atoms with E-state index in [1.165, 1.54) is 7.11 Å². The van der Waals surface area contributed by atoms with E-state index >= 15 is 0 Å². The van der Waals surface area contributed by atoms with E-state index in [-0.39, 0.29) is 17.2 Å². The first kappa shape index (κ1) is 21.9. The van der Waals surface area contributed by atoms with Crippen LogP contribution in [-0.2, 0) is 16.0 Å². The zero-order chi connectivity index (χ0) is 25.0. The molecule has 8 heteroatoms. The first-order valence-corrected chi connectivity index (χ1v) is 11.6. The molecule has 2 aliphatic rings. The fourth-order valence-corrected chi connectivity index (χ4v) is 5.41. The summed E-state index contributed by atoms with van der Waals surface area (Å²) in [7, 11) is 2.86. The molecule has 3 amide bonds. The van der Waals surface area contributed by atoms with Gasteiger partial charge in [-0.3, -0.25) is 9.69 Å². The van der Waals surface area contributed by atoms with Gasteiger partial charge in [-0.2, -0.15) is 0 Å². The first-order valence-electron chi connectivity index (χ1n) is 11.6. The third kappa shape index (κ3) is 3.11. The Kier molecular flexibility index (Phi) is 5.03. The molecule has 3 aromatic carbocycles. The normalized spacial score (nSPS) is 18.8. The lowest BCUT2D eigenvalue weighted by molar-refractivity contribution is -0.120. The van der Waals surface area contributed by atoms with Crippen LogP contribution in [0.25, 0.3) is 10.9 Å². The van der Waals surface area contributed by atoms with Crippen molar-refractivity contribution in [1.29, 1.82) is 0 Å². The highest BCUT2D eigenvalue weighted by Crippen LogP contribution is 2.45. The van der Waals surface area contributed by atoms with Gasteiger partial charge in [-0.15, -0.1) is 0 Å². The lowest BCUT2D eigenvalue weighted by Gasteiger charge is -2.36. The topological polar surface area (TPSA) is 91.9 Å². The van der Waals surface area contributed by atoms with Crippen molar-refractivity contribution in [1.82, 2.24) is 9.88 Å². The van der Waals surface area contributed by atoms with E-state index in [9.17, 15) is 14.4 Å². The van der Waals surface area contributed by atoms with Gasteiger partial charge >= 0.3 is 12.0 Å². The number of carbonyl (C=O) groups excluding carboxylic acids is 3. The maximum Gasteiger partial charge on any atom is 0.339 e. The zero-order valence-electron chi connectivity index (χ0n) is 19.7. The molecular weight excluding hydrogens is 458 g/mol. The first-order chi connectivity index (χ1) is 17.5. The molecular formula is C28H23N3O5. The Morgan fingerprint density at radius 2 is 1.75 bits per heavy atom. The quantitative estimate of drug-likeness (QED) is 0.344. The highest BCUT2D eigenvalue weighted by molar-refractivity contribution is 6.23. The minimum absolute atomic E-state index is 0.156. The van der Waals surface area contributed by atoms with Gasteiger partial charge < -0.3 is 14.5 Å². The number of amides is 3. The molecule has 1 aromatic heterocycles. The molecule has 1 saturated heterocycles. The fourth-order valence-electron chi connectivity index (χ4n) is 5.41. The minimum Gasteiger partial charge on any atom is -0.497 e. The third-order valence-electron chi connectivity index (χ3n) is 7.01.